The van der Waals surface area contributed by atoms with Crippen molar-refractivity contribution in [2.45, 2.75) is 18.5 Å². The minimum absolute atomic E-state index is 0.109. The summed E-state index contributed by atoms with van der Waals surface area (Å²) in [5, 5.41) is -0.143. The van der Waals surface area contributed by atoms with Crippen LogP contribution in [0, 0.1) is 0 Å². The third-order valence-corrected chi connectivity index (χ3v) is 2.45. The summed E-state index contributed by atoms with van der Waals surface area (Å²) in [6.07, 6.45) is -14.4. The van der Waals surface area contributed by atoms with Crippen molar-refractivity contribution in [1.82, 2.24) is 9.97 Å². The van der Waals surface area contributed by atoms with Crippen molar-refractivity contribution in [1.29, 1.82) is 0 Å². The lowest BCUT2D eigenvalue weighted by atomic mass is 10.2. The molecule has 114 valence electrons. The number of hydrogen-bond acceptors (Lipinski definition) is 4. The molecule has 2 aromatic rings. The van der Waals surface area contributed by atoms with Crippen LogP contribution in [-0.2, 0) is 0 Å². The Balaban J connectivity index is 2.49. The van der Waals surface area contributed by atoms with Crippen LogP contribution in [0.1, 0.15) is 0 Å². The molecule has 0 aliphatic carbocycles. The van der Waals surface area contributed by atoms with Crippen molar-refractivity contribution in [2.24, 2.45) is 0 Å². The molecular weight excluding hydrogens is 304 g/mol. The zero-order chi connectivity index (χ0) is 15.8. The number of rotatable bonds is 2. The van der Waals surface area contributed by atoms with Gasteiger partial charge in [-0.1, -0.05) is 0 Å². The van der Waals surface area contributed by atoms with E-state index in [2.05, 4.69) is 14.7 Å². The van der Waals surface area contributed by atoms with E-state index in [0.717, 1.165) is 12.4 Å². The van der Waals surface area contributed by atoms with Gasteiger partial charge in [-0.2, -0.15) is 26.3 Å². The van der Waals surface area contributed by atoms with Gasteiger partial charge in [0, 0.05) is 5.69 Å². The molecule has 0 fully saturated rings. The first kappa shape index (κ1) is 15.1. The normalized spacial score (nSPS) is 12.9. The predicted octanol–water partition coefficient (Wildman–Crippen LogP) is 3.08. The number of nitrogen functional groups attached to an aromatic ring is 1. The van der Waals surface area contributed by atoms with E-state index in [0.29, 0.717) is 0 Å². The lowest BCUT2D eigenvalue weighted by molar-refractivity contribution is -0.300. The second-order valence-electron chi connectivity index (χ2n) is 4.04. The molecule has 0 saturated heterocycles. The van der Waals surface area contributed by atoms with Gasteiger partial charge in [0.1, 0.15) is 6.33 Å². The molecular formula is C11H7F6N3O. The fraction of sp³-hybridized carbons (Fsp3) is 0.273. The van der Waals surface area contributed by atoms with Crippen molar-refractivity contribution >= 4 is 16.6 Å². The van der Waals surface area contributed by atoms with Crippen molar-refractivity contribution in [3.8, 4) is 5.88 Å². The zero-order valence-electron chi connectivity index (χ0n) is 10.0. The van der Waals surface area contributed by atoms with E-state index >= 15 is 0 Å². The average Bonchev–Trinajstić information content (AvgIpc) is 2.33. The number of aromatic nitrogens is 2. The summed E-state index contributed by atoms with van der Waals surface area (Å²) in [5.74, 6) is -0.841. The number of anilines is 1. The Morgan fingerprint density at radius 1 is 1.00 bits per heavy atom. The van der Waals surface area contributed by atoms with E-state index in [1.54, 1.807) is 0 Å². The molecule has 1 heterocycles. The van der Waals surface area contributed by atoms with Gasteiger partial charge in [-0.3, -0.25) is 0 Å². The summed E-state index contributed by atoms with van der Waals surface area (Å²) in [4.78, 5) is 7.03. The number of nitrogens with two attached hydrogens (primary N) is 1. The largest absolute Gasteiger partial charge is 0.454 e. The lowest BCUT2D eigenvalue weighted by Crippen LogP contribution is -2.46. The van der Waals surface area contributed by atoms with E-state index < -0.39 is 24.3 Å². The molecule has 0 bridgehead atoms. The van der Waals surface area contributed by atoms with Gasteiger partial charge >= 0.3 is 12.4 Å². The van der Waals surface area contributed by atoms with Crippen LogP contribution in [0.2, 0.25) is 0 Å². The quantitative estimate of drug-likeness (QED) is 0.684. The highest BCUT2D eigenvalue weighted by molar-refractivity contribution is 5.86. The smallest absolute Gasteiger partial charge is 0.434 e. The van der Waals surface area contributed by atoms with E-state index in [-0.39, 0.29) is 16.6 Å². The molecule has 0 atom stereocenters. The summed E-state index contributed by atoms with van der Waals surface area (Å²) < 4.78 is 78.9. The standard InChI is InChI=1S/C11H7F6N3O/c12-10(13,14)9(11(15,16)17)21-8-6-3-5(18)1-2-7(6)19-4-20-8/h1-4,9H,18H2. The van der Waals surface area contributed by atoms with Crippen molar-refractivity contribution in [2.75, 3.05) is 5.73 Å². The van der Waals surface area contributed by atoms with Gasteiger partial charge in [0.05, 0.1) is 10.9 Å². The van der Waals surface area contributed by atoms with E-state index in [4.69, 9.17) is 5.73 Å². The topological polar surface area (TPSA) is 61.0 Å². The summed E-state index contributed by atoms with van der Waals surface area (Å²) in [5.41, 5.74) is 5.67. The molecule has 1 aromatic heterocycles. The fourth-order valence-corrected chi connectivity index (χ4v) is 1.58. The monoisotopic (exact) mass is 311 g/mol. The molecule has 21 heavy (non-hydrogen) atoms. The first-order valence-electron chi connectivity index (χ1n) is 5.39. The van der Waals surface area contributed by atoms with E-state index in [1.165, 1.54) is 12.1 Å². The van der Waals surface area contributed by atoms with Gasteiger partial charge in [-0.05, 0) is 18.2 Å². The van der Waals surface area contributed by atoms with Crippen LogP contribution >= 0.6 is 0 Å². The minimum Gasteiger partial charge on any atom is -0.454 e. The molecule has 0 radical (unpaired) electrons. The molecule has 2 N–H and O–H groups in total. The highest BCUT2D eigenvalue weighted by Gasteiger charge is 2.59. The summed E-state index contributed by atoms with van der Waals surface area (Å²) in [6, 6.07) is 3.86. The van der Waals surface area contributed by atoms with E-state index in [9.17, 15) is 26.3 Å². The van der Waals surface area contributed by atoms with Crippen LogP contribution < -0.4 is 10.5 Å². The third kappa shape index (κ3) is 3.26. The molecule has 4 nitrogen and oxygen atoms in total. The Morgan fingerprint density at radius 2 is 1.62 bits per heavy atom. The van der Waals surface area contributed by atoms with Gasteiger partial charge in [-0.15, -0.1) is 0 Å². The molecule has 10 heteroatoms. The van der Waals surface area contributed by atoms with Crippen LogP contribution in [0.25, 0.3) is 10.9 Å². The van der Waals surface area contributed by atoms with Gasteiger partial charge in [0.2, 0.25) is 5.88 Å². The first-order chi connectivity index (χ1) is 9.59. The number of fused-ring (bicyclic) bond motifs is 1. The number of benzene rings is 1. The van der Waals surface area contributed by atoms with Gasteiger partial charge in [0.15, 0.2) is 0 Å². The maximum Gasteiger partial charge on any atom is 0.434 e. The summed E-state index contributed by atoms with van der Waals surface area (Å²) in [7, 11) is 0. The number of alkyl halides is 6. The zero-order valence-corrected chi connectivity index (χ0v) is 10.0. The Bertz CT molecular complexity index is 640. The highest BCUT2D eigenvalue weighted by Crippen LogP contribution is 2.37. The fourth-order valence-electron chi connectivity index (χ4n) is 1.58. The second-order valence-corrected chi connectivity index (χ2v) is 4.04. The van der Waals surface area contributed by atoms with Crippen LogP contribution in [0.15, 0.2) is 24.5 Å². The number of nitrogens with zero attached hydrogens (tertiary/aromatic N) is 2. The number of ether oxygens (including phenoxy) is 1. The molecule has 0 spiro atoms. The van der Waals surface area contributed by atoms with Crippen molar-refractivity contribution in [3.63, 3.8) is 0 Å². The molecule has 1 aromatic carbocycles. The number of halogens is 6. The molecule has 0 amide bonds. The Morgan fingerprint density at radius 3 is 2.19 bits per heavy atom. The van der Waals surface area contributed by atoms with Gasteiger partial charge in [-0.25, -0.2) is 9.97 Å². The van der Waals surface area contributed by atoms with Crippen LogP contribution in [0.4, 0.5) is 32.0 Å². The average molecular weight is 311 g/mol. The number of hydrogen-bond donors (Lipinski definition) is 1. The van der Waals surface area contributed by atoms with E-state index in [1.807, 2.05) is 0 Å². The van der Waals surface area contributed by atoms with Gasteiger partial charge in [0.25, 0.3) is 6.10 Å². The lowest BCUT2D eigenvalue weighted by Gasteiger charge is -2.23. The molecule has 0 aliphatic rings. The first-order valence-corrected chi connectivity index (χ1v) is 5.39. The predicted molar refractivity (Wildman–Crippen MR) is 60.5 cm³/mol. The van der Waals surface area contributed by atoms with Crippen molar-refractivity contribution in [3.05, 3.63) is 24.5 Å². The maximum atomic E-state index is 12.5. The Hall–Kier alpha value is -2.26. The highest BCUT2D eigenvalue weighted by atomic mass is 19.4. The SMILES string of the molecule is Nc1ccc2ncnc(OC(C(F)(F)F)C(F)(F)F)c2c1. The van der Waals surface area contributed by atoms with Crippen molar-refractivity contribution < 1.29 is 31.1 Å². The third-order valence-electron chi connectivity index (χ3n) is 2.45. The molecule has 0 unspecified atom stereocenters. The van der Waals surface area contributed by atoms with Crippen LogP contribution in [0.3, 0.4) is 0 Å². The second kappa shape index (κ2) is 4.93. The Kier molecular flexibility index (Phi) is 3.56. The minimum atomic E-state index is -5.63. The van der Waals surface area contributed by atoms with Gasteiger partial charge < -0.3 is 10.5 Å². The molecule has 0 saturated carbocycles. The molecule has 2 rings (SSSR count). The maximum absolute atomic E-state index is 12.5. The summed E-state index contributed by atoms with van der Waals surface area (Å²) >= 11 is 0. The molecule has 0 aliphatic heterocycles. The summed E-state index contributed by atoms with van der Waals surface area (Å²) in [6.45, 7) is 0. The van der Waals surface area contributed by atoms with Crippen LogP contribution in [0.5, 0.6) is 5.88 Å². The Labute approximate surface area is 113 Å². The van der Waals surface area contributed by atoms with Crippen LogP contribution in [-0.4, -0.2) is 28.4 Å².